The maximum atomic E-state index is 12.5. The van der Waals surface area contributed by atoms with Crippen LogP contribution in [0.3, 0.4) is 0 Å². The molecule has 0 spiro atoms. The lowest BCUT2D eigenvalue weighted by Gasteiger charge is -2.30. The van der Waals surface area contributed by atoms with Gasteiger partial charge in [0.1, 0.15) is 11.6 Å². The van der Waals surface area contributed by atoms with Crippen LogP contribution in [0, 0.1) is 31.1 Å². The molecule has 0 bridgehead atoms. The van der Waals surface area contributed by atoms with Gasteiger partial charge in [-0.2, -0.15) is 10.4 Å². The molecule has 1 N–H and O–H groups in total. The van der Waals surface area contributed by atoms with Crippen molar-refractivity contribution in [1.82, 2.24) is 24.5 Å². The Balaban J connectivity index is 1.36. The molecule has 1 unspecified atom stereocenters. The fourth-order valence-corrected chi connectivity index (χ4v) is 4.99. The van der Waals surface area contributed by atoms with Crippen molar-refractivity contribution in [2.75, 3.05) is 18.4 Å². The first-order valence-electron chi connectivity index (χ1n) is 10.6. The van der Waals surface area contributed by atoms with Crippen molar-refractivity contribution in [3.63, 3.8) is 0 Å². The number of nitriles is 1. The molecule has 8 nitrogen and oxygen atoms in total. The Hall–Kier alpha value is -2.83. The Morgan fingerprint density at radius 1 is 1.39 bits per heavy atom. The molecule has 3 aromatic rings. The van der Waals surface area contributed by atoms with Crippen molar-refractivity contribution in [3.05, 3.63) is 39.8 Å². The highest BCUT2D eigenvalue weighted by atomic mass is 32.1. The number of rotatable bonds is 6. The van der Waals surface area contributed by atoms with Crippen LogP contribution in [-0.2, 0) is 17.8 Å². The number of anilines is 1. The van der Waals surface area contributed by atoms with Gasteiger partial charge in [0.2, 0.25) is 5.91 Å². The van der Waals surface area contributed by atoms with Gasteiger partial charge in [-0.15, -0.1) is 11.3 Å². The lowest BCUT2D eigenvalue weighted by Crippen LogP contribution is -2.33. The van der Waals surface area contributed by atoms with Crippen molar-refractivity contribution in [1.29, 1.82) is 5.26 Å². The molecule has 162 valence electrons. The molecule has 4 heterocycles. The van der Waals surface area contributed by atoms with Gasteiger partial charge in [0, 0.05) is 36.3 Å². The maximum Gasteiger partial charge on any atom is 0.226 e. The third kappa shape index (κ3) is 4.75. The van der Waals surface area contributed by atoms with Gasteiger partial charge in [0.25, 0.3) is 0 Å². The molecular weight excluding hydrogens is 410 g/mol. The highest BCUT2D eigenvalue weighted by Crippen LogP contribution is 2.22. The molecule has 1 aliphatic heterocycles. The van der Waals surface area contributed by atoms with Crippen LogP contribution >= 0.6 is 11.3 Å². The minimum Gasteiger partial charge on any atom is -0.302 e. The standard InChI is InChI=1S/C22H27N7OS/c1-14-5-4-8-28(11-14)12-18-13-31-22(26-18)27-20(30)7-6-19-15(2)25-21-17(9-23)10-24-29(21)16(19)3/h10,13-14H,4-8,11-12H2,1-3H3,(H,26,27,30). The van der Waals surface area contributed by atoms with Crippen LogP contribution in [0.1, 0.15) is 54.4 Å². The van der Waals surface area contributed by atoms with Crippen molar-refractivity contribution in [3.8, 4) is 6.07 Å². The Morgan fingerprint density at radius 2 is 2.23 bits per heavy atom. The van der Waals surface area contributed by atoms with E-state index in [1.807, 2.05) is 19.2 Å². The van der Waals surface area contributed by atoms with E-state index in [0.29, 0.717) is 29.2 Å². The zero-order valence-corrected chi connectivity index (χ0v) is 19.0. The number of aryl methyl sites for hydroxylation is 2. The number of carbonyl (C=O) groups is 1. The largest absolute Gasteiger partial charge is 0.302 e. The van der Waals surface area contributed by atoms with Crippen molar-refractivity contribution in [2.45, 2.75) is 53.0 Å². The van der Waals surface area contributed by atoms with Crippen LogP contribution in [0.5, 0.6) is 0 Å². The van der Waals surface area contributed by atoms with Gasteiger partial charge in [-0.25, -0.2) is 14.5 Å². The van der Waals surface area contributed by atoms with Crippen molar-refractivity contribution >= 4 is 28.0 Å². The Labute approximate surface area is 185 Å². The smallest absolute Gasteiger partial charge is 0.226 e. The van der Waals surface area contributed by atoms with Crippen LogP contribution in [0.15, 0.2) is 11.6 Å². The Morgan fingerprint density at radius 3 is 3.00 bits per heavy atom. The van der Waals surface area contributed by atoms with Gasteiger partial charge in [-0.05, 0) is 51.1 Å². The van der Waals surface area contributed by atoms with Crippen molar-refractivity contribution < 1.29 is 4.79 Å². The summed E-state index contributed by atoms with van der Waals surface area (Å²) in [6.45, 7) is 9.22. The highest BCUT2D eigenvalue weighted by molar-refractivity contribution is 7.13. The Bertz CT molecular complexity index is 1140. The maximum absolute atomic E-state index is 12.5. The van der Waals surface area contributed by atoms with Gasteiger partial charge in [-0.3, -0.25) is 9.69 Å². The van der Waals surface area contributed by atoms with Gasteiger partial charge in [0.05, 0.1) is 11.9 Å². The molecule has 1 amide bonds. The van der Waals surface area contributed by atoms with Crippen LogP contribution < -0.4 is 5.32 Å². The lowest BCUT2D eigenvalue weighted by atomic mass is 10.0. The summed E-state index contributed by atoms with van der Waals surface area (Å²) in [6, 6.07) is 2.11. The summed E-state index contributed by atoms with van der Waals surface area (Å²) in [6.07, 6.45) is 4.95. The number of nitrogens with zero attached hydrogens (tertiary/aromatic N) is 6. The number of hydrogen-bond donors (Lipinski definition) is 1. The zero-order valence-electron chi connectivity index (χ0n) is 18.2. The molecule has 31 heavy (non-hydrogen) atoms. The first-order chi connectivity index (χ1) is 14.9. The fraction of sp³-hybridized carbons (Fsp3) is 0.500. The minimum absolute atomic E-state index is 0.0652. The molecule has 3 aromatic heterocycles. The van der Waals surface area contributed by atoms with E-state index in [9.17, 15) is 10.1 Å². The van der Waals surface area contributed by atoms with Crippen LogP contribution in [-0.4, -0.2) is 43.5 Å². The van der Waals surface area contributed by atoms with E-state index in [-0.39, 0.29) is 5.91 Å². The third-order valence-electron chi connectivity index (χ3n) is 5.86. The summed E-state index contributed by atoms with van der Waals surface area (Å²) >= 11 is 1.48. The minimum atomic E-state index is -0.0652. The average Bonchev–Trinajstić information content (AvgIpc) is 3.34. The molecule has 9 heteroatoms. The summed E-state index contributed by atoms with van der Waals surface area (Å²) in [5.41, 5.74) is 4.74. The molecule has 1 saturated heterocycles. The summed E-state index contributed by atoms with van der Waals surface area (Å²) in [7, 11) is 0. The van der Waals surface area contributed by atoms with Crippen LogP contribution in [0.25, 0.3) is 5.65 Å². The summed E-state index contributed by atoms with van der Waals surface area (Å²) in [5, 5.41) is 19.1. The number of carbonyl (C=O) groups excluding carboxylic acids is 1. The van der Waals surface area contributed by atoms with Gasteiger partial charge in [0.15, 0.2) is 10.8 Å². The molecular formula is C22H27N7OS. The quantitative estimate of drug-likeness (QED) is 0.634. The number of piperidine rings is 1. The molecule has 1 aliphatic rings. The SMILES string of the molecule is Cc1nc2c(C#N)cnn2c(C)c1CCC(=O)Nc1nc(CN2CCCC(C)C2)cs1. The van der Waals surface area contributed by atoms with E-state index < -0.39 is 0 Å². The number of hydrogen-bond acceptors (Lipinski definition) is 7. The van der Waals surface area contributed by atoms with E-state index in [2.05, 4.69) is 38.3 Å². The van der Waals surface area contributed by atoms with E-state index in [0.717, 1.165) is 48.2 Å². The number of aromatic nitrogens is 4. The van der Waals surface area contributed by atoms with Crippen LogP contribution in [0.4, 0.5) is 5.13 Å². The fourth-order valence-electron chi connectivity index (χ4n) is 4.27. The van der Waals surface area contributed by atoms with Crippen molar-refractivity contribution in [2.24, 2.45) is 5.92 Å². The number of amides is 1. The molecule has 0 aliphatic carbocycles. The highest BCUT2D eigenvalue weighted by Gasteiger charge is 2.18. The zero-order chi connectivity index (χ0) is 22.0. The van der Waals surface area contributed by atoms with E-state index in [1.165, 1.54) is 30.4 Å². The first-order valence-corrected chi connectivity index (χ1v) is 11.5. The predicted octanol–water partition coefficient (Wildman–Crippen LogP) is 3.48. The summed E-state index contributed by atoms with van der Waals surface area (Å²) in [5.74, 6) is 0.671. The topological polar surface area (TPSA) is 99.2 Å². The Kier molecular flexibility index (Phi) is 6.30. The molecule has 4 rings (SSSR count). The van der Waals surface area contributed by atoms with Gasteiger partial charge >= 0.3 is 0 Å². The van der Waals surface area contributed by atoms with Gasteiger partial charge < -0.3 is 5.32 Å². The molecule has 0 aromatic carbocycles. The number of fused-ring (bicyclic) bond motifs is 1. The normalized spacial score (nSPS) is 17.0. The third-order valence-corrected chi connectivity index (χ3v) is 6.66. The predicted molar refractivity (Wildman–Crippen MR) is 120 cm³/mol. The first kappa shape index (κ1) is 21.4. The van der Waals surface area contributed by atoms with Gasteiger partial charge in [-0.1, -0.05) is 6.92 Å². The number of thiazole rings is 1. The average molecular weight is 438 g/mol. The van der Waals surface area contributed by atoms with E-state index >= 15 is 0 Å². The monoisotopic (exact) mass is 437 g/mol. The molecule has 1 fully saturated rings. The van der Waals surface area contributed by atoms with E-state index in [4.69, 9.17) is 0 Å². The summed E-state index contributed by atoms with van der Waals surface area (Å²) < 4.78 is 1.67. The number of nitrogens with one attached hydrogen (secondary N) is 1. The number of likely N-dealkylation sites (tertiary alicyclic amines) is 1. The molecule has 1 atom stereocenters. The molecule has 0 saturated carbocycles. The summed E-state index contributed by atoms with van der Waals surface area (Å²) in [4.78, 5) is 24.1. The van der Waals surface area contributed by atoms with E-state index in [1.54, 1.807) is 4.52 Å². The lowest BCUT2D eigenvalue weighted by molar-refractivity contribution is -0.116. The second-order valence-electron chi connectivity index (χ2n) is 8.34. The van der Waals surface area contributed by atoms with Crippen LogP contribution in [0.2, 0.25) is 0 Å². The second kappa shape index (κ2) is 9.12. The molecule has 0 radical (unpaired) electrons. The second-order valence-corrected chi connectivity index (χ2v) is 9.20.